The van der Waals surface area contributed by atoms with E-state index in [9.17, 15) is 9.18 Å². The summed E-state index contributed by atoms with van der Waals surface area (Å²) in [6.07, 6.45) is 0.482. The van der Waals surface area contributed by atoms with Crippen LogP contribution in [0, 0.1) is 5.82 Å². The van der Waals surface area contributed by atoms with E-state index >= 15 is 0 Å². The molecule has 2 atom stereocenters. The van der Waals surface area contributed by atoms with Crippen molar-refractivity contribution in [3.63, 3.8) is 0 Å². The SMILES string of the molecule is CC(CC(=O)N1CCNC[C@H]1C)c1ccc(F)cc1. The number of halogens is 1. The molecule has 19 heavy (non-hydrogen) atoms. The van der Waals surface area contributed by atoms with Crippen LogP contribution in [0.1, 0.15) is 31.7 Å². The molecule has 4 heteroatoms. The van der Waals surface area contributed by atoms with Gasteiger partial charge in [-0.2, -0.15) is 0 Å². The summed E-state index contributed by atoms with van der Waals surface area (Å²) in [5.74, 6) is 0.0685. The zero-order chi connectivity index (χ0) is 13.8. The van der Waals surface area contributed by atoms with Crippen molar-refractivity contribution in [3.8, 4) is 0 Å². The van der Waals surface area contributed by atoms with Crippen molar-refractivity contribution < 1.29 is 9.18 Å². The Balaban J connectivity index is 1.96. The summed E-state index contributed by atoms with van der Waals surface area (Å²) in [6.45, 7) is 6.57. The van der Waals surface area contributed by atoms with Gasteiger partial charge in [0, 0.05) is 32.1 Å². The largest absolute Gasteiger partial charge is 0.337 e. The van der Waals surface area contributed by atoms with E-state index in [4.69, 9.17) is 0 Å². The highest BCUT2D eigenvalue weighted by atomic mass is 19.1. The monoisotopic (exact) mass is 264 g/mol. The van der Waals surface area contributed by atoms with Crippen molar-refractivity contribution >= 4 is 5.91 Å². The number of benzene rings is 1. The molecule has 0 aromatic heterocycles. The molecule has 0 aliphatic carbocycles. The number of carbonyl (C=O) groups excluding carboxylic acids is 1. The molecule has 3 nitrogen and oxygen atoms in total. The molecule has 1 N–H and O–H groups in total. The number of nitrogens with one attached hydrogen (secondary N) is 1. The third-order valence-corrected chi connectivity index (χ3v) is 3.74. The normalized spacial score (nSPS) is 21.2. The molecule has 104 valence electrons. The fourth-order valence-electron chi connectivity index (χ4n) is 2.50. The van der Waals surface area contributed by atoms with Crippen molar-refractivity contribution in [2.75, 3.05) is 19.6 Å². The summed E-state index contributed by atoms with van der Waals surface area (Å²) < 4.78 is 12.9. The Kier molecular flexibility index (Phi) is 4.53. The van der Waals surface area contributed by atoms with E-state index in [1.54, 1.807) is 12.1 Å². The molecule has 0 bridgehead atoms. The van der Waals surface area contributed by atoms with Crippen molar-refractivity contribution in [2.45, 2.75) is 32.2 Å². The molecule has 1 aliphatic heterocycles. The number of carbonyl (C=O) groups is 1. The lowest BCUT2D eigenvalue weighted by Gasteiger charge is -2.34. The Hall–Kier alpha value is -1.42. The van der Waals surface area contributed by atoms with Crippen LogP contribution in [0.4, 0.5) is 4.39 Å². The van der Waals surface area contributed by atoms with Crippen LogP contribution in [0.3, 0.4) is 0 Å². The van der Waals surface area contributed by atoms with Crippen molar-refractivity contribution in [3.05, 3.63) is 35.6 Å². The minimum Gasteiger partial charge on any atom is -0.337 e. The van der Waals surface area contributed by atoms with Gasteiger partial charge in [-0.05, 0) is 30.5 Å². The van der Waals surface area contributed by atoms with E-state index in [0.717, 1.165) is 25.2 Å². The number of rotatable bonds is 3. The van der Waals surface area contributed by atoms with Gasteiger partial charge in [0.15, 0.2) is 0 Å². The van der Waals surface area contributed by atoms with Crippen molar-refractivity contribution in [2.24, 2.45) is 0 Å². The van der Waals surface area contributed by atoms with Gasteiger partial charge in [-0.3, -0.25) is 4.79 Å². The van der Waals surface area contributed by atoms with Crippen LogP contribution < -0.4 is 5.32 Å². The third kappa shape index (κ3) is 3.53. The van der Waals surface area contributed by atoms with E-state index in [2.05, 4.69) is 12.2 Å². The highest BCUT2D eigenvalue weighted by Gasteiger charge is 2.24. The second-order valence-corrected chi connectivity index (χ2v) is 5.30. The molecule has 1 aliphatic rings. The maximum absolute atomic E-state index is 12.9. The molecular weight excluding hydrogens is 243 g/mol. The van der Waals surface area contributed by atoms with Gasteiger partial charge in [-0.25, -0.2) is 4.39 Å². The Bertz CT molecular complexity index is 432. The molecule has 1 fully saturated rings. The second kappa shape index (κ2) is 6.15. The summed E-state index contributed by atoms with van der Waals surface area (Å²) in [5, 5.41) is 3.28. The van der Waals surface area contributed by atoms with Crippen LogP contribution in [-0.2, 0) is 4.79 Å². The van der Waals surface area contributed by atoms with Crippen LogP contribution in [-0.4, -0.2) is 36.5 Å². The zero-order valence-electron chi connectivity index (χ0n) is 11.5. The molecule has 0 radical (unpaired) electrons. The van der Waals surface area contributed by atoms with Gasteiger partial charge in [0.1, 0.15) is 5.82 Å². The van der Waals surface area contributed by atoms with Crippen molar-refractivity contribution in [1.82, 2.24) is 10.2 Å². The minimum atomic E-state index is -0.238. The number of amides is 1. The fraction of sp³-hybridized carbons (Fsp3) is 0.533. The topological polar surface area (TPSA) is 32.3 Å². The molecule has 1 saturated heterocycles. The van der Waals surface area contributed by atoms with Gasteiger partial charge in [0.05, 0.1) is 0 Å². The Morgan fingerprint density at radius 2 is 2.16 bits per heavy atom. The highest BCUT2D eigenvalue weighted by Crippen LogP contribution is 2.21. The van der Waals surface area contributed by atoms with Crippen LogP contribution >= 0.6 is 0 Å². The van der Waals surface area contributed by atoms with Gasteiger partial charge < -0.3 is 10.2 Å². The summed E-state index contributed by atoms with van der Waals surface area (Å²) in [7, 11) is 0. The van der Waals surface area contributed by atoms with Gasteiger partial charge in [-0.1, -0.05) is 19.1 Å². The number of piperazine rings is 1. The van der Waals surface area contributed by atoms with E-state index in [1.807, 2.05) is 11.8 Å². The molecule has 1 amide bonds. The summed E-state index contributed by atoms with van der Waals surface area (Å²) in [4.78, 5) is 14.2. The maximum atomic E-state index is 12.9. The van der Waals surface area contributed by atoms with Gasteiger partial charge in [0.25, 0.3) is 0 Å². The average Bonchev–Trinajstić information content (AvgIpc) is 2.39. The molecule has 1 aromatic carbocycles. The molecule has 2 rings (SSSR count). The lowest BCUT2D eigenvalue weighted by molar-refractivity contribution is -0.134. The molecule has 1 heterocycles. The van der Waals surface area contributed by atoms with Crippen molar-refractivity contribution in [1.29, 1.82) is 0 Å². The highest BCUT2D eigenvalue weighted by molar-refractivity contribution is 5.77. The smallest absolute Gasteiger partial charge is 0.223 e. The first-order chi connectivity index (χ1) is 9.08. The predicted molar refractivity (Wildman–Crippen MR) is 73.5 cm³/mol. The number of hydrogen-bond acceptors (Lipinski definition) is 2. The van der Waals surface area contributed by atoms with Gasteiger partial charge in [0.2, 0.25) is 5.91 Å². The maximum Gasteiger partial charge on any atom is 0.223 e. The van der Waals surface area contributed by atoms with Crippen LogP contribution in [0.2, 0.25) is 0 Å². The van der Waals surface area contributed by atoms with E-state index < -0.39 is 0 Å². The van der Waals surface area contributed by atoms with E-state index in [1.165, 1.54) is 12.1 Å². The quantitative estimate of drug-likeness (QED) is 0.907. The van der Waals surface area contributed by atoms with Gasteiger partial charge >= 0.3 is 0 Å². The Morgan fingerprint density at radius 1 is 1.47 bits per heavy atom. The molecule has 0 spiro atoms. The lowest BCUT2D eigenvalue weighted by atomic mass is 9.96. The first-order valence-electron chi connectivity index (χ1n) is 6.83. The minimum absolute atomic E-state index is 0.121. The van der Waals surface area contributed by atoms with Crippen LogP contribution in [0.15, 0.2) is 24.3 Å². The summed E-state index contributed by atoms with van der Waals surface area (Å²) >= 11 is 0. The number of nitrogens with zero attached hydrogens (tertiary/aromatic N) is 1. The molecular formula is C15H21FN2O. The first-order valence-corrected chi connectivity index (χ1v) is 6.83. The van der Waals surface area contributed by atoms with Crippen LogP contribution in [0.25, 0.3) is 0 Å². The zero-order valence-corrected chi connectivity index (χ0v) is 11.5. The first kappa shape index (κ1) is 14.0. The second-order valence-electron chi connectivity index (χ2n) is 5.30. The Labute approximate surface area is 113 Å². The average molecular weight is 264 g/mol. The third-order valence-electron chi connectivity index (χ3n) is 3.74. The standard InChI is InChI=1S/C15H21FN2O/c1-11(13-3-5-14(16)6-4-13)9-15(19)18-8-7-17-10-12(18)2/h3-6,11-12,17H,7-10H2,1-2H3/t11?,12-/m1/s1. The van der Waals surface area contributed by atoms with E-state index in [-0.39, 0.29) is 23.7 Å². The predicted octanol–water partition coefficient (Wildman–Crippen LogP) is 2.14. The number of hydrogen-bond donors (Lipinski definition) is 1. The van der Waals surface area contributed by atoms with E-state index in [0.29, 0.717) is 6.42 Å². The summed E-state index contributed by atoms with van der Waals surface area (Å²) in [5.41, 5.74) is 1.01. The molecule has 1 aromatic rings. The summed E-state index contributed by atoms with van der Waals surface area (Å²) in [6, 6.07) is 6.66. The lowest BCUT2D eigenvalue weighted by Crippen LogP contribution is -2.52. The Morgan fingerprint density at radius 3 is 2.79 bits per heavy atom. The molecule has 0 saturated carbocycles. The fourth-order valence-corrected chi connectivity index (χ4v) is 2.50. The van der Waals surface area contributed by atoms with Crippen LogP contribution in [0.5, 0.6) is 0 Å². The molecule has 1 unspecified atom stereocenters. The van der Waals surface area contributed by atoms with Gasteiger partial charge in [-0.15, -0.1) is 0 Å².